The molecule has 4 heteroatoms. The number of rotatable bonds is 3. The van der Waals surface area contributed by atoms with E-state index in [1.807, 2.05) is 19.9 Å². The highest BCUT2D eigenvalue weighted by Crippen LogP contribution is 2.27. The van der Waals surface area contributed by atoms with Gasteiger partial charge in [0.25, 0.3) is 0 Å². The van der Waals surface area contributed by atoms with E-state index in [2.05, 4.69) is 4.98 Å². The van der Waals surface area contributed by atoms with Crippen molar-refractivity contribution in [3.05, 3.63) is 27.9 Å². The predicted octanol–water partition coefficient (Wildman–Crippen LogP) is 1.38. The first kappa shape index (κ1) is 12.3. The van der Waals surface area contributed by atoms with Crippen LogP contribution in [0.25, 0.3) is 0 Å². The maximum Gasteiger partial charge on any atom is 0.348 e. The molecule has 1 atom stereocenters. The second-order valence-electron chi connectivity index (χ2n) is 5.14. The van der Waals surface area contributed by atoms with Gasteiger partial charge in [0.05, 0.1) is 0 Å². The van der Waals surface area contributed by atoms with E-state index < -0.39 is 0 Å². The van der Waals surface area contributed by atoms with Gasteiger partial charge in [-0.3, -0.25) is 4.57 Å². The fourth-order valence-corrected chi connectivity index (χ4v) is 2.74. The van der Waals surface area contributed by atoms with Crippen molar-refractivity contribution < 1.29 is 0 Å². The number of hydrogen-bond donors (Lipinski definition) is 1. The Kier molecular flexibility index (Phi) is 3.62. The van der Waals surface area contributed by atoms with Crippen molar-refractivity contribution in [2.24, 2.45) is 11.7 Å². The molecule has 94 valence electrons. The summed E-state index contributed by atoms with van der Waals surface area (Å²) in [6.07, 6.45) is 4.96. The third-order valence-electron chi connectivity index (χ3n) is 3.75. The summed E-state index contributed by atoms with van der Waals surface area (Å²) in [6, 6.07) is 2.02. The van der Waals surface area contributed by atoms with E-state index in [4.69, 9.17) is 5.73 Å². The quantitative estimate of drug-likeness (QED) is 0.861. The van der Waals surface area contributed by atoms with Crippen LogP contribution in [0.5, 0.6) is 0 Å². The second kappa shape index (κ2) is 5.00. The van der Waals surface area contributed by atoms with Gasteiger partial charge in [-0.15, -0.1) is 0 Å². The first-order valence-electron chi connectivity index (χ1n) is 6.38. The molecule has 1 saturated carbocycles. The number of nitrogens with zero attached hydrogens (tertiary/aromatic N) is 2. The highest BCUT2D eigenvalue weighted by molar-refractivity contribution is 5.06. The van der Waals surface area contributed by atoms with Crippen molar-refractivity contribution in [2.45, 2.75) is 52.1 Å². The van der Waals surface area contributed by atoms with Crippen LogP contribution >= 0.6 is 0 Å². The molecule has 17 heavy (non-hydrogen) atoms. The van der Waals surface area contributed by atoms with Crippen molar-refractivity contribution in [2.75, 3.05) is 0 Å². The van der Waals surface area contributed by atoms with E-state index in [9.17, 15) is 4.79 Å². The molecule has 0 aliphatic heterocycles. The molecule has 0 bridgehead atoms. The van der Waals surface area contributed by atoms with Crippen molar-refractivity contribution in [3.63, 3.8) is 0 Å². The lowest BCUT2D eigenvalue weighted by atomic mass is 9.99. The Hall–Kier alpha value is -1.16. The van der Waals surface area contributed by atoms with Gasteiger partial charge in [-0.05, 0) is 38.7 Å². The summed E-state index contributed by atoms with van der Waals surface area (Å²) in [6.45, 7) is 4.38. The summed E-state index contributed by atoms with van der Waals surface area (Å²) in [5, 5.41) is 0. The van der Waals surface area contributed by atoms with Crippen molar-refractivity contribution in [3.8, 4) is 0 Å². The van der Waals surface area contributed by atoms with Crippen LogP contribution in [0.1, 0.15) is 37.1 Å². The molecule has 2 rings (SSSR count). The van der Waals surface area contributed by atoms with Gasteiger partial charge >= 0.3 is 5.69 Å². The Morgan fingerprint density at radius 3 is 2.71 bits per heavy atom. The Morgan fingerprint density at radius 1 is 1.47 bits per heavy atom. The lowest BCUT2D eigenvalue weighted by Crippen LogP contribution is -2.38. The molecule has 1 heterocycles. The van der Waals surface area contributed by atoms with Crippen LogP contribution in [0.4, 0.5) is 0 Å². The molecule has 1 aliphatic rings. The molecule has 1 aromatic rings. The number of aryl methyl sites for hydroxylation is 2. The van der Waals surface area contributed by atoms with Crippen molar-refractivity contribution in [1.82, 2.24) is 9.55 Å². The lowest BCUT2D eigenvalue weighted by Gasteiger charge is -2.20. The zero-order chi connectivity index (χ0) is 12.4. The molecule has 0 saturated heterocycles. The Labute approximate surface area is 102 Å². The first-order chi connectivity index (χ1) is 8.08. The number of nitrogens with two attached hydrogens (primary N) is 1. The maximum atomic E-state index is 11.8. The predicted molar refractivity (Wildman–Crippen MR) is 67.9 cm³/mol. The minimum absolute atomic E-state index is 0.0819. The highest BCUT2D eigenvalue weighted by Gasteiger charge is 2.22. The minimum atomic E-state index is -0.170. The maximum absolute atomic E-state index is 11.8. The molecule has 0 spiro atoms. The summed E-state index contributed by atoms with van der Waals surface area (Å²) in [5.41, 5.74) is 7.76. The summed E-state index contributed by atoms with van der Waals surface area (Å²) in [7, 11) is 0. The SMILES string of the molecule is Cc1cc(C)n(CC(N)C2CCCC2)c(=O)n1. The van der Waals surface area contributed by atoms with E-state index in [0.29, 0.717) is 12.5 Å². The van der Waals surface area contributed by atoms with Gasteiger partial charge in [0.1, 0.15) is 0 Å². The van der Waals surface area contributed by atoms with Crippen LogP contribution in [0.2, 0.25) is 0 Å². The zero-order valence-electron chi connectivity index (χ0n) is 10.6. The van der Waals surface area contributed by atoms with E-state index in [1.54, 1.807) is 4.57 Å². The first-order valence-corrected chi connectivity index (χ1v) is 6.38. The molecule has 0 radical (unpaired) electrons. The highest BCUT2D eigenvalue weighted by atomic mass is 16.1. The largest absolute Gasteiger partial charge is 0.348 e. The lowest BCUT2D eigenvalue weighted by molar-refractivity contribution is 0.378. The van der Waals surface area contributed by atoms with Crippen molar-refractivity contribution >= 4 is 0 Å². The molecule has 1 aromatic heterocycles. The van der Waals surface area contributed by atoms with Gasteiger partial charge in [-0.25, -0.2) is 4.79 Å². The van der Waals surface area contributed by atoms with E-state index in [0.717, 1.165) is 11.4 Å². The molecule has 1 unspecified atom stereocenters. The van der Waals surface area contributed by atoms with Gasteiger partial charge in [0.2, 0.25) is 0 Å². The number of hydrogen-bond acceptors (Lipinski definition) is 3. The van der Waals surface area contributed by atoms with Crippen LogP contribution in [0.3, 0.4) is 0 Å². The molecular formula is C13H21N3O. The van der Waals surface area contributed by atoms with Crippen LogP contribution in [-0.4, -0.2) is 15.6 Å². The normalized spacial score (nSPS) is 18.5. The molecule has 0 amide bonds. The standard InChI is InChI=1S/C13H21N3O/c1-9-7-10(2)16(13(17)15-9)8-12(14)11-5-3-4-6-11/h7,11-12H,3-6,8,14H2,1-2H3. The van der Waals surface area contributed by atoms with Crippen LogP contribution in [-0.2, 0) is 6.54 Å². The monoisotopic (exact) mass is 235 g/mol. The smallest absolute Gasteiger partial charge is 0.326 e. The van der Waals surface area contributed by atoms with Gasteiger partial charge in [-0.1, -0.05) is 12.8 Å². The molecule has 1 fully saturated rings. The summed E-state index contributed by atoms with van der Waals surface area (Å²) in [4.78, 5) is 15.8. The van der Waals surface area contributed by atoms with Gasteiger partial charge < -0.3 is 5.73 Å². The van der Waals surface area contributed by atoms with Gasteiger partial charge in [0.15, 0.2) is 0 Å². The topological polar surface area (TPSA) is 60.9 Å². The molecule has 4 nitrogen and oxygen atoms in total. The van der Waals surface area contributed by atoms with Gasteiger partial charge in [0, 0.05) is 24.0 Å². The van der Waals surface area contributed by atoms with E-state index in [-0.39, 0.29) is 11.7 Å². The molecule has 2 N–H and O–H groups in total. The third kappa shape index (κ3) is 2.75. The van der Waals surface area contributed by atoms with Crippen molar-refractivity contribution in [1.29, 1.82) is 0 Å². The fourth-order valence-electron chi connectivity index (χ4n) is 2.74. The summed E-state index contributed by atoms with van der Waals surface area (Å²) < 4.78 is 1.70. The molecule has 1 aliphatic carbocycles. The van der Waals surface area contributed by atoms with Crippen LogP contribution < -0.4 is 11.4 Å². The fraction of sp³-hybridized carbons (Fsp3) is 0.692. The Morgan fingerprint density at radius 2 is 2.12 bits per heavy atom. The Balaban J connectivity index is 2.15. The Bertz CT molecular complexity index is 446. The third-order valence-corrected chi connectivity index (χ3v) is 3.75. The van der Waals surface area contributed by atoms with Gasteiger partial charge in [-0.2, -0.15) is 4.98 Å². The van der Waals surface area contributed by atoms with Crippen LogP contribution in [0, 0.1) is 19.8 Å². The summed E-state index contributed by atoms with van der Waals surface area (Å²) >= 11 is 0. The van der Waals surface area contributed by atoms with E-state index >= 15 is 0 Å². The second-order valence-corrected chi connectivity index (χ2v) is 5.14. The number of aromatic nitrogens is 2. The molecule has 0 aromatic carbocycles. The zero-order valence-corrected chi connectivity index (χ0v) is 10.6. The average molecular weight is 235 g/mol. The average Bonchev–Trinajstić information content (AvgIpc) is 2.76. The summed E-state index contributed by atoms with van der Waals surface area (Å²) in [5.74, 6) is 0.572. The van der Waals surface area contributed by atoms with E-state index in [1.165, 1.54) is 25.7 Å². The molecular weight excluding hydrogens is 214 g/mol. The van der Waals surface area contributed by atoms with Crippen LogP contribution in [0.15, 0.2) is 10.9 Å². The minimum Gasteiger partial charge on any atom is -0.326 e.